The van der Waals surface area contributed by atoms with E-state index in [-0.39, 0.29) is 0 Å². The molecule has 0 fully saturated rings. The first kappa shape index (κ1) is 9.38. The molecule has 0 N–H and O–H groups in total. The van der Waals surface area contributed by atoms with Crippen molar-refractivity contribution in [3.8, 4) is 0 Å². The zero-order valence-electron chi connectivity index (χ0n) is 6.20. The Bertz CT molecular complexity index is 101. The summed E-state index contributed by atoms with van der Waals surface area (Å²) in [5.41, 5.74) is 0. The summed E-state index contributed by atoms with van der Waals surface area (Å²) in [7, 11) is 0. The minimum atomic E-state index is 0.964. The number of hydrogen-bond donors (Lipinski definition) is 0. The molecule has 9 heavy (non-hydrogen) atoms. The van der Waals surface area contributed by atoms with Crippen LogP contribution >= 0.6 is 23.4 Å². The average molecular weight is 165 g/mol. The van der Waals surface area contributed by atoms with Crippen LogP contribution in [-0.2, 0) is 0 Å². The Hall–Kier alpha value is 0.380. The van der Waals surface area contributed by atoms with Crippen LogP contribution in [0.5, 0.6) is 0 Å². The molecule has 0 aromatic carbocycles. The second-order valence-corrected chi connectivity index (χ2v) is 3.10. The number of thioether (sulfide) groups is 1. The Morgan fingerprint density at radius 1 is 1.33 bits per heavy atom. The topological polar surface area (TPSA) is 0 Å². The quantitative estimate of drug-likeness (QED) is 0.614. The van der Waals surface area contributed by atoms with E-state index in [9.17, 15) is 0 Å². The highest BCUT2D eigenvalue weighted by molar-refractivity contribution is 8.02. The zero-order valence-corrected chi connectivity index (χ0v) is 7.77. The van der Waals surface area contributed by atoms with Crippen LogP contribution < -0.4 is 0 Å². The molecular formula is C7H13ClS. The molecule has 54 valence electrons. The van der Waals surface area contributed by atoms with E-state index in [2.05, 4.69) is 20.1 Å². The zero-order chi connectivity index (χ0) is 7.28. The molecule has 0 aliphatic heterocycles. The fourth-order valence-electron chi connectivity index (χ4n) is 0.644. The lowest BCUT2D eigenvalue weighted by atomic mass is 10.3. The second-order valence-electron chi connectivity index (χ2n) is 1.74. The maximum atomic E-state index is 5.89. The van der Waals surface area contributed by atoms with Gasteiger partial charge < -0.3 is 0 Å². The lowest BCUT2D eigenvalue weighted by molar-refractivity contribution is 1.12. The van der Waals surface area contributed by atoms with E-state index < -0.39 is 0 Å². The third-order valence-electron chi connectivity index (χ3n) is 1.18. The van der Waals surface area contributed by atoms with Crippen LogP contribution in [0, 0.1) is 0 Å². The van der Waals surface area contributed by atoms with Gasteiger partial charge in [-0.25, -0.2) is 0 Å². The Labute approximate surface area is 66.7 Å². The number of hydrogen-bond acceptors (Lipinski definition) is 1. The molecule has 0 aliphatic rings. The van der Waals surface area contributed by atoms with Gasteiger partial charge >= 0.3 is 0 Å². The molecule has 0 aromatic rings. The van der Waals surface area contributed by atoms with E-state index in [1.807, 2.05) is 0 Å². The van der Waals surface area contributed by atoms with E-state index in [0.29, 0.717) is 0 Å². The van der Waals surface area contributed by atoms with Gasteiger partial charge in [0.2, 0.25) is 0 Å². The maximum absolute atomic E-state index is 5.89. The average Bonchev–Trinajstić information content (AvgIpc) is 1.90. The molecule has 0 rings (SSSR count). The monoisotopic (exact) mass is 164 g/mol. The van der Waals surface area contributed by atoms with Gasteiger partial charge in [-0.3, -0.25) is 0 Å². The minimum Gasteiger partial charge on any atom is -0.133 e. The molecule has 0 atom stereocenters. The third-order valence-corrected chi connectivity index (χ3v) is 2.82. The molecule has 0 saturated heterocycles. The molecule has 0 spiro atoms. The second kappa shape index (κ2) is 5.19. The fraction of sp³-hybridized carbons (Fsp3) is 0.714. The first-order valence-electron chi connectivity index (χ1n) is 3.17. The van der Waals surface area contributed by atoms with E-state index in [4.69, 9.17) is 11.6 Å². The van der Waals surface area contributed by atoms with Crippen molar-refractivity contribution in [3.63, 3.8) is 0 Å². The SMILES string of the molecule is CC/C(Cl)=C(/CC)SC. The van der Waals surface area contributed by atoms with Gasteiger partial charge in [0, 0.05) is 5.03 Å². The highest BCUT2D eigenvalue weighted by Crippen LogP contribution is 2.24. The molecule has 0 bridgehead atoms. The van der Waals surface area contributed by atoms with Crippen LogP contribution in [0.15, 0.2) is 9.94 Å². The molecule has 0 unspecified atom stereocenters. The van der Waals surface area contributed by atoms with Gasteiger partial charge in [-0.15, -0.1) is 11.8 Å². The van der Waals surface area contributed by atoms with Gasteiger partial charge in [-0.05, 0) is 24.0 Å². The maximum Gasteiger partial charge on any atom is 0.0272 e. The summed E-state index contributed by atoms with van der Waals surface area (Å²) < 4.78 is 0. The number of halogens is 1. The lowest BCUT2D eigenvalue weighted by Crippen LogP contribution is -1.76. The Morgan fingerprint density at radius 2 is 1.89 bits per heavy atom. The van der Waals surface area contributed by atoms with Crippen molar-refractivity contribution in [2.75, 3.05) is 6.26 Å². The molecule has 0 amide bonds. The van der Waals surface area contributed by atoms with Crippen molar-refractivity contribution in [1.82, 2.24) is 0 Å². The Morgan fingerprint density at radius 3 is 2.00 bits per heavy atom. The Kier molecular flexibility index (Phi) is 5.41. The fourth-order valence-corrected chi connectivity index (χ4v) is 1.66. The minimum absolute atomic E-state index is 0.964. The van der Waals surface area contributed by atoms with Crippen molar-refractivity contribution in [1.29, 1.82) is 0 Å². The number of rotatable bonds is 3. The summed E-state index contributed by atoms with van der Waals surface area (Å²) in [4.78, 5) is 1.32. The highest BCUT2D eigenvalue weighted by Gasteiger charge is 1.96. The van der Waals surface area contributed by atoms with Crippen molar-refractivity contribution in [2.45, 2.75) is 26.7 Å². The van der Waals surface area contributed by atoms with Crippen LogP contribution in [0.3, 0.4) is 0 Å². The molecular weight excluding hydrogens is 152 g/mol. The first-order valence-corrected chi connectivity index (χ1v) is 4.78. The first-order chi connectivity index (χ1) is 4.26. The molecule has 0 heterocycles. The predicted octanol–water partition coefficient (Wildman–Crippen LogP) is 3.62. The van der Waals surface area contributed by atoms with Crippen LogP contribution in [0.25, 0.3) is 0 Å². The van der Waals surface area contributed by atoms with Crippen LogP contribution in [0.1, 0.15) is 26.7 Å². The highest BCUT2D eigenvalue weighted by atomic mass is 35.5. The predicted molar refractivity (Wildman–Crippen MR) is 47.0 cm³/mol. The van der Waals surface area contributed by atoms with E-state index >= 15 is 0 Å². The van der Waals surface area contributed by atoms with Gasteiger partial charge in [0.15, 0.2) is 0 Å². The van der Waals surface area contributed by atoms with Gasteiger partial charge in [-0.2, -0.15) is 0 Å². The largest absolute Gasteiger partial charge is 0.133 e. The standard InChI is InChI=1S/C7H13ClS/c1-4-6(8)7(5-2)9-3/h4-5H2,1-3H3/b7-6+. The molecule has 0 saturated carbocycles. The van der Waals surface area contributed by atoms with Crippen molar-refractivity contribution >= 4 is 23.4 Å². The summed E-state index contributed by atoms with van der Waals surface area (Å²) in [6.45, 7) is 4.21. The molecule has 0 aliphatic carbocycles. The molecule has 2 heteroatoms. The van der Waals surface area contributed by atoms with Gasteiger partial charge in [0.05, 0.1) is 0 Å². The van der Waals surface area contributed by atoms with Gasteiger partial charge in [0.25, 0.3) is 0 Å². The molecule has 0 aromatic heterocycles. The number of allylic oxidation sites excluding steroid dienone is 2. The van der Waals surface area contributed by atoms with E-state index in [1.54, 1.807) is 11.8 Å². The Balaban J connectivity index is 4.01. The third kappa shape index (κ3) is 3.17. The normalized spacial score (nSPS) is 13.3. The van der Waals surface area contributed by atoms with Crippen LogP contribution in [0.2, 0.25) is 0 Å². The summed E-state index contributed by atoms with van der Waals surface area (Å²) in [6, 6.07) is 0. The summed E-state index contributed by atoms with van der Waals surface area (Å²) >= 11 is 7.64. The van der Waals surface area contributed by atoms with Gasteiger partial charge in [0.1, 0.15) is 0 Å². The van der Waals surface area contributed by atoms with E-state index in [0.717, 1.165) is 17.9 Å². The van der Waals surface area contributed by atoms with E-state index in [1.165, 1.54) is 4.91 Å². The summed E-state index contributed by atoms with van der Waals surface area (Å²) in [5, 5.41) is 1.02. The molecule has 0 radical (unpaired) electrons. The smallest absolute Gasteiger partial charge is 0.0272 e. The summed E-state index contributed by atoms with van der Waals surface area (Å²) in [6.07, 6.45) is 4.09. The van der Waals surface area contributed by atoms with Gasteiger partial charge in [-0.1, -0.05) is 25.4 Å². The summed E-state index contributed by atoms with van der Waals surface area (Å²) in [5.74, 6) is 0. The molecule has 0 nitrogen and oxygen atoms in total. The van der Waals surface area contributed by atoms with Crippen molar-refractivity contribution in [3.05, 3.63) is 9.94 Å². The van der Waals surface area contributed by atoms with Crippen molar-refractivity contribution in [2.24, 2.45) is 0 Å². The van der Waals surface area contributed by atoms with Crippen LogP contribution in [-0.4, -0.2) is 6.26 Å². The lowest BCUT2D eigenvalue weighted by Gasteiger charge is -2.01. The van der Waals surface area contributed by atoms with Crippen LogP contribution in [0.4, 0.5) is 0 Å². The van der Waals surface area contributed by atoms with Crippen molar-refractivity contribution < 1.29 is 0 Å².